The molecule has 1 saturated heterocycles. The van der Waals surface area contributed by atoms with Crippen LogP contribution in [0.2, 0.25) is 0 Å². The van der Waals surface area contributed by atoms with Crippen LogP contribution in [0.15, 0.2) is 42.9 Å². The molecule has 3 N–H and O–H groups in total. The van der Waals surface area contributed by atoms with Crippen molar-refractivity contribution in [1.29, 1.82) is 0 Å². The van der Waals surface area contributed by atoms with Gasteiger partial charge in [-0.15, -0.1) is 0 Å². The van der Waals surface area contributed by atoms with Gasteiger partial charge in [-0.2, -0.15) is 5.10 Å². The number of methoxy groups -OCH3 is 2. The topological polar surface area (TPSA) is 89.9 Å². The summed E-state index contributed by atoms with van der Waals surface area (Å²) in [5, 5.41) is 7.75. The molecule has 2 atom stereocenters. The second kappa shape index (κ2) is 8.14. The number of rotatable bonds is 6. The van der Waals surface area contributed by atoms with Crippen molar-refractivity contribution >= 4 is 17.0 Å². The molecule has 3 heterocycles. The first kappa shape index (κ1) is 18.7. The summed E-state index contributed by atoms with van der Waals surface area (Å²) in [6.45, 7) is 2.56. The van der Waals surface area contributed by atoms with Gasteiger partial charge in [0.2, 0.25) is 0 Å². The van der Waals surface area contributed by atoms with Crippen LogP contribution in [-0.4, -0.2) is 59.0 Å². The average molecular weight is 382 g/mol. The number of likely N-dealkylation sites (tertiary alicyclic amines) is 1. The van der Waals surface area contributed by atoms with E-state index in [1.54, 1.807) is 20.5 Å². The largest absolute Gasteiger partial charge is 0.497 e. The van der Waals surface area contributed by atoms with Gasteiger partial charge in [-0.25, -0.2) is 9.50 Å². The maximum atomic E-state index is 6.15. The molecule has 148 valence electrons. The second-order valence-corrected chi connectivity index (χ2v) is 7.06. The summed E-state index contributed by atoms with van der Waals surface area (Å²) in [6, 6.07) is 9.98. The Balaban J connectivity index is 1.60. The Morgan fingerprint density at radius 2 is 2.18 bits per heavy atom. The Bertz CT molecular complexity index is 943. The van der Waals surface area contributed by atoms with Gasteiger partial charge in [0.15, 0.2) is 5.82 Å². The highest BCUT2D eigenvalue weighted by Gasteiger charge is 2.27. The third-order valence-corrected chi connectivity index (χ3v) is 5.26. The molecule has 0 bridgehead atoms. The summed E-state index contributed by atoms with van der Waals surface area (Å²) < 4.78 is 12.7. The number of benzene rings is 1. The Morgan fingerprint density at radius 3 is 3.00 bits per heavy atom. The first-order valence-electron chi connectivity index (χ1n) is 9.41. The van der Waals surface area contributed by atoms with Gasteiger partial charge in [0.1, 0.15) is 17.6 Å². The molecule has 0 spiro atoms. The van der Waals surface area contributed by atoms with E-state index in [0.29, 0.717) is 0 Å². The minimum Gasteiger partial charge on any atom is -0.497 e. The van der Waals surface area contributed by atoms with Crippen LogP contribution < -0.4 is 15.8 Å². The molecule has 0 amide bonds. The number of nitrogens with zero attached hydrogens (tertiary/aromatic N) is 4. The maximum absolute atomic E-state index is 6.15. The van der Waals surface area contributed by atoms with Gasteiger partial charge in [0.25, 0.3) is 0 Å². The van der Waals surface area contributed by atoms with Gasteiger partial charge in [-0.1, -0.05) is 6.07 Å². The molecule has 1 fully saturated rings. The SMILES string of the molecule is COc1cccc(Nc2ncnn3ccc(CN4CC[C@@H](N)[C@H](OC)C4)c23)c1. The lowest BCUT2D eigenvalue weighted by atomic mass is 10.0. The Kier molecular flexibility index (Phi) is 5.43. The van der Waals surface area contributed by atoms with Crippen molar-refractivity contribution in [3.8, 4) is 5.75 Å². The fourth-order valence-electron chi connectivity index (χ4n) is 3.71. The predicted molar refractivity (Wildman–Crippen MR) is 108 cm³/mol. The summed E-state index contributed by atoms with van der Waals surface area (Å²) in [5.74, 6) is 1.56. The zero-order valence-corrected chi connectivity index (χ0v) is 16.2. The molecule has 0 unspecified atom stereocenters. The van der Waals surface area contributed by atoms with Crippen LogP contribution in [0.25, 0.3) is 5.52 Å². The zero-order chi connectivity index (χ0) is 19.5. The molecular weight excluding hydrogens is 356 g/mol. The van der Waals surface area contributed by atoms with E-state index >= 15 is 0 Å². The first-order chi connectivity index (χ1) is 13.7. The molecule has 1 aliphatic rings. The highest BCUT2D eigenvalue weighted by molar-refractivity contribution is 5.76. The maximum Gasteiger partial charge on any atom is 0.158 e. The lowest BCUT2D eigenvalue weighted by Gasteiger charge is -2.35. The molecule has 28 heavy (non-hydrogen) atoms. The lowest BCUT2D eigenvalue weighted by Crippen LogP contribution is -2.51. The van der Waals surface area contributed by atoms with Gasteiger partial charge in [0.05, 0.1) is 13.2 Å². The Labute approximate surface area is 164 Å². The van der Waals surface area contributed by atoms with Crippen molar-refractivity contribution in [3.63, 3.8) is 0 Å². The van der Waals surface area contributed by atoms with Crippen LogP contribution in [0.5, 0.6) is 5.75 Å². The van der Waals surface area contributed by atoms with Crippen molar-refractivity contribution in [2.45, 2.75) is 25.1 Å². The van der Waals surface area contributed by atoms with E-state index in [9.17, 15) is 0 Å². The number of piperidine rings is 1. The fraction of sp³-hybridized carbons (Fsp3) is 0.400. The Hall–Kier alpha value is -2.68. The van der Waals surface area contributed by atoms with Crippen LogP contribution in [-0.2, 0) is 11.3 Å². The molecule has 1 aromatic carbocycles. The number of hydrogen-bond acceptors (Lipinski definition) is 7. The van der Waals surface area contributed by atoms with Crippen molar-refractivity contribution in [2.75, 3.05) is 32.6 Å². The lowest BCUT2D eigenvalue weighted by molar-refractivity contribution is 0.0142. The van der Waals surface area contributed by atoms with E-state index in [0.717, 1.165) is 54.4 Å². The molecule has 8 heteroatoms. The summed E-state index contributed by atoms with van der Waals surface area (Å²) in [6.07, 6.45) is 4.51. The van der Waals surface area contributed by atoms with Crippen LogP contribution >= 0.6 is 0 Å². The number of nitrogens with one attached hydrogen (secondary N) is 1. The molecule has 0 radical (unpaired) electrons. The van der Waals surface area contributed by atoms with Crippen molar-refractivity contribution < 1.29 is 9.47 Å². The van der Waals surface area contributed by atoms with Crippen molar-refractivity contribution in [3.05, 3.63) is 48.4 Å². The number of nitrogens with two attached hydrogens (primary N) is 1. The molecule has 0 aliphatic carbocycles. The second-order valence-electron chi connectivity index (χ2n) is 7.06. The highest BCUT2D eigenvalue weighted by Crippen LogP contribution is 2.26. The first-order valence-corrected chi connectivity index (χ1v) is 9.41. The van der Waals surface area contributed by atoms with E-state index in [1.165, 1.54) is 0 Å². The van der Waals surface area contributed by atoms with Gasteiger partial charge in [-0.3, -0.25) is 4.90 Å². The molecule has 2 aromatic heterocycles. The summed E-state index contributed by atoms with van der Waals surface area (Å²) in [7, 11) is 3.39. The monoisotopic (exact) mass is 382 g/mol. The third-order valence-electron chi connectivity index (χ3n) is 5.26. The van der Waals surface area contributed by atoms with E-state index in [1.807, 2.05) is 35.0 Å². The summed E-state index contributed by atoms with van der Waals surface area (Å²) >= 11 is 0. The summed E-state index contributed by atoms with van der Waals surface area (Å²) in [5.41, 5.74) is 9.20. The predicted octanol–water partition coefficient (Wildman–Crippen LogP) is 2.03. The normalized spacial score (nSPS) is 20.4. The number of aromatic nitrogens is 3. The van der Waals surface area contributed by atoms with Gasteiger partial charge in [-0.05, 0) is 30.2 Å². The molecule has 8 nitrogen and oxygen atoms in total. The molecule has 3 aromatic rings. The van der Waals surface area contributed by atoms with Crippen LogP contribution in [0.1, 0.15) is 12.0 Å². The van der Waals surface area contributed by atoms with Crippen LogP contribution in [0.3, 0.4) is 0 Å². The zero-order valence-electron chi connectivity index (χ0n) is 16.2. The van der Waals surface area contributed by atoms with Crippen molar-refractivity contribution in [2.24, 2.45) is 5.73 Å². The highest BCUT2D eigenvalue weighted by atomic mass is 16.5. The van der Waals surface area contributed by atoms with E-state index in [4.69, 9.17) is 15.2 Å². The number of anilines is 2. The van der Waals surface area contributed by atoms with E-state index in [-0.39, 0.29) is 12.1 Å². The number of fused-ring (bicyclic) bond motifs is 1. The standard InChI is InChI=1S/C20H26N6O2/c1-27-16-5-3-4-15(10-16)24-20-19-14(6-9-26(19)23-13-22-20)11-25-8-7-17(21)18(12-25)28-2/h3-6,9-10,13,17-18H,7-8,11-12,21H2,1-2H3,(H,22,23,24)/t17-,18-/m1/s1. The minimum atomic E-state index is 0.0632. The van der Waals surface area contributed by atoms with Gasteiger partial charge in [0, 0.05) is 50.7 Å². The van der Waals surface area contributed by atoms with E-state index < -0.39 is 0 Å². The minimum absolute atomic E-state index is 0.0632. The molecular formula is C20H26N6O2. The third kappa shape index (κ3) is 3.80. The van der Waals surface area contributed by atoms with Gasteiger partial charge >= 0.3 is 0 Å². The molecule has 4 rings (SSSR count). The fourth-order valence-corrected chi connectivity index (χ4v) is 3.71. The molecule has 1 aliphatic heterocycles. The Morgan fingerprint density at radius 1 is 1.29 bits per heavy atom. The quantitative estimate of drug-likeness (QED) is 0.674. The average Bonchev–Trinajstić information content (AvgIpc) is 3.13. The summed E-state index contributed by atoms with van der Waals surface area (Å²) in [4.78, 5) is 6.85. The van der Waals surface area contributed by atoms with Crippen molar-refractivity contribution in [1.82, 2.24) is 19.5 Å². The van der Waals surface area contributed by atoms with Gasteiger partial charge < -0.3 is 20.5 Å². The number of hydrogen-bond donors (Lipinski definition) is 2. The van der Waals surface area contributed by atoms with E-state index in [2.05, 4.69) is 26.4 Å². The van der Waals surface area contributed by atoms with Crippen LogP contribution in [0.4, 0.5) is 11.5 Å². The van der Waals surface area contributed by atoms with Crippen LogP contribution in [0, 0.1) is 0 Å². The molecule has 0 saturated carbocycles. The number of ether oxygens (including phenoxy) is 2. The smallest absolute Gasteiger partial charge is 0.158 e.